The number of rotatable bonds is 7. The number of carbonyl (C=O) groups excluding carboxylic acids is 3. The van der Waals surface area contributed by atoms with Crippen LogP contribution in [-0.4, -0.2) is 31.2 Å². The van der Waals surface area contributed by atoms with Crippen molar-refractivity contribution in [3.05, 3.63) is 132 Å². The summed E-state index contributed by atoms with van der Waals surface area (Å²) in [6, 6.07) is 29.5. The minimum absolute atomic E-state index is 0.0389. The molecule has 11 heteroatoms. The van der Waals surface area contributed by atoms with E-state index >= 15 is 0 Å². The molecule has 236 valence electrons. The van der Waals surface area contributed by atoms with Crippen LogP contribution >= 0.6 is 0 Å². The zero-order valence-electron chi connectivity index (χ0n) is 25.6. The zero-order valence-corrected chi connectivity index (χ0v) is 26.4. The summed E-state index contributed by atoms with van der Waals surface area (Å²) in [5.74, 6) is -2.26. The first kappa shape index (κ1) is 31.2. The third-order valence-electron chi connectivity index (χ3n) is 7.28. The lowest BCUT2D eigenvalue weighted by Crippen LogP contribution is -2.35. The lowest BCUT2D eigenvalue weighted by atomic mass is 9.98. The fourth-order valence-electron chi connectivity index (χ4n) is 4.90. The van der Waals surface area contributed by atoms with E-state index in [2.05, 4.69) is 9.71 Å². The number of hydrogen-bond donors (Lipinski definition) is 1. The first-order chi connectivity index (χ1) is 22.4. The molecule has 1 aromatic heterocycles. The number of fused-ring (bicyclic) bond motifs is 2. The summed E-state index contributed by atoms with van der Waals surface area (Å²) in [6.07, 6.45) is 1.51. The number of nitrogens with one attached hydrogen (secondary N) is 1. The highest BCUT2D eigenvalue weighted by Gasteiger charge is 2.41. The van der Waals surface area contributed by atoms with Gasteiger partial charge >= 0.3 is 11.9 Å². The molecule has 0 radical (unpaired) electrons. The number of nitrogens with zero attached hydrogens (tertiary/aromatic N) is 2. The van der Waals surface area contributed by atoms with Crippen LogP contribution in [0.4, 0.5) is 11.4 Å². The minimum Gasteiger partial charge on any atom is -0.421 e. The first-order valence-electron chi connectivity index (χ1n) is 14.6. The minimum atomic E-state index is -4.16. The van der Waals surface area contributed by atoms with Gasteiger partial charge in [0, 0.05) is 22.7 Å². The average molecular weight is 648 g/mol. The molecule has 0 saturated carbocycles. The Bertz CT molecular complexity index is 2170. The fourth-order valence-corrected chi connectivity index (χ4v) is 6.13. The Morgan fingerprint density at radius 3 is 2.15 bits per heavy atom. The van der Waals surface area contributed by atoms with Crippen LogP contribution in [0.5, 0.6) is 0 Å². The number of hydrogen-bond acceptors (Lipinski definition) is 8. The van der Waals surface area contributed by atoms with Crippen LogP contribution in [0, 0.1) is 5.41 Å². The molecule has 0 saturated heterocycles. The maximum Gasteiger partial charge on any atom is 0.343 e. The van der Waals surface area contributed by atoms with E-state index in [1.807, 2.05) is 0 Å². The fraction of sp³-hybridized carbons (Fsp3) is 0.111. The summed E-state index contributed by atoms with van der Waals surface area (Å²) in [6.45, 7) is 4.90. The van der Waals surface area contributed by atoms with Crippen LogP contribution in [0.25, 0.3) is 22.2 Å². The molecule has 0 atom stereocenters. The summed E-state index contributed by atoms with van der Waals surface area (Å²) in [4.78, 5) is 50.4. The third kappa shape index (κ3) is 6.21. The normalized spacial score (nSPS) is 14.0. The molecule has 0 aliphatic carbocycles. The first-order valence-corrected chi connectivity index (χ1v) is 16.1. The second kappa shape index (κ2) is 12.2. The summed E-state index contributed by atoms with van der Waals surface area (Å²) in [7, 11) is -4.16. The molecule has 2 heterocycles. The number of ether oxygens (including phenoxy) is 1. The van der Waals surface area contributed by atoms with E-state index in [1.54, 1.807) is 106 Å². The smallest absolute Gasteiger partial charge is 0.343 e. The Labute approximate surface area is 271 Å². The van der Waals surface area contributed by atoms with Gasteiger partial charge in [0.1, 0.15) is 4.90 Å². The molecule has 5 aromatic rings. The standard InChI is InChI=1S/C36H29N3O7S/c1-36(2,3)35(42)46-39-28-22-26(38-47(43,44)29-18-10-16-23-17-11-21-37-31(23)29)19-20-27(28)30(33(39)40)32(24-12-6-4-7-13-24)45-34(41)25-14-8-5-9-15-25/h4-22,38H,1-3H3/b32-30-. The summed E-state index contributed by atoms with van der Waals surface area (Å²) in [5.41, 5.74) is 0.344. The molecule has 0 unspecified atom stereocenters. The van der Waals surface area contributed by atoms with E-state index in [1.165, 1.54) is 30.5 Å². The van der Waals surface area contributed by atoms with Crippen molar-refractivity contribution in [2.24, 2.45) is 5.41 Å². The highest BCUT2D eigenvalue weighted by Crippen LogP contribution is 2.44. The van der Waals surface area contributed by atoms with Crippen LogP contribution < -0.4 is 9.79 Å². The Kier molecular flexibility index (Phi) is 8.08. The Hall–Kier alpha value is -5.81. The topological polar surface area (TPSA) is 132 Å². The van der Waals surface area contributed by atoms with Crippen molar-refractivity contribution in [3.63, 3.8) is 0 Å². The van der Waals surface area contributed by atoms with Gasteiger partial charge in [-0.05, 0) is 63.2 Å². The molecule has 0 bridgehead atoms. The van der Waals surface area contributed by atoms with Gasteiger partial charge in [0.15, 0.2) is 5.76 Å². The maximum atomic E-state index is 14.2. The molecule has 6 rings (SSSR count). The van der Waals surface area contributed by atoms with Crippen molar-refractivity contribution >= 4 is 61.5 Å². The lowest BCUT2D eigenvalue weighted by Gasteiger charge is -2.22. The van der Waals surface area contributed by atoms with Gasteiger partial charge in [-0.15, -0.1) is 5.06 Å². The van der Waals surface area contributed by atoms with Crippen molar-refractivity contribution in [1.29, 1.82) is 0 Å². The van der Waals surface area contributed by atoms with Gasteiger partial charge in [-0.3, -0.25) is 14.5 Å². The summed E-state index contributed by atoms with van der Waals surface area (Å²) < 4.78 is 35.7. The number of hydroxylamine groups is 1. The SMILES string of the molecule is CC(C)(C)C(=O)ON1C(=O)/C(=C(\OC(=O)c2ccccc2)c2ccccc2)c2ccc(NS(=O)(=O)c3cccc4cccnc34)cc21. The molecule has 0 spiro atoms. The van der Waals surface area contributed by atoms with E-state index in [9.17, 15) is 22.8 Å². The summed E-state index contributed by atoms with van der Waals surface area (Å²) in [5, 5.41) is 1.44. The molecule has 4 aromatic carbocycles. The lowest BCUT2D eigenvalue weighted by molar-refractivity contribution is -0.157. The number of carbonyl (C=O) groups is 3. The number of esters is 1. The third-order valence-corrected chi connectivity index (χ3v) is 8.69. The van der Waals surface area contributed by atoms with Gasteiger partial charge in [-0.1, -0.05) is 66.7 Å². The number of benzene rings is 4. The largest absolute Gasteiger partial charge is 0.421 e. The molecular weight excluding hydrogens is 618 g/mol. The average Bonchev–Trinajstić information content (AvgIpc) is 3.33. The van der Waals surface area contributed by atoms with Crippen LogP contribution in [0.1, 0.15) is 42.3 Å². The number of sulfonamides is 1. The van der Waals surface area contributed by atoms with Crippen LogP contribution in [0.15, 0.2) is 120 Å². The second-order valence-corrected chi connectivity index (χ2v) is 13.4. The highest BCUT2D eigenvalue weighted by molar-refractivity contribution is 7.93. The molecule has 47 heavy (non-hydrogen) atoms. The Morgan fingerprint density at radius 1 is 0.809 bits per heavy atom. The number of anilines is 2. The Morgan fingerprint density at radius 2 is 1.47 bits per heavy atom. The molecule has 0 fully saturated rings. The number of amides is 1. The molecule has 10 nitrogen and oxygen atoms in total. The van der Waals surface area contributed by atoms with Gasteiger partial charge in [0.2, 0.25) is 0 Å². The van der Waals surface area contributed by atoms with E-state index in [0.717, 1.165) is 5.06 Å². The van der Waals surface area contributed by atoms with Gasteiger partial charge in [0.05, 0.1) is 33.4 Å². The van der Waals surface area contributed by atoms with Crippen molar-refractivity contribution < 1.29 is 32.4 Å². The van der Waals surface area contributed by atoms with Crippen LogP contribution in [0.2, 0.25) is 0 Å². The molecular formula is C36H29N3O7S. The quantitative estimate of drug-likeness (QED) is 0.119. The predicted octanol–water partition coefficient (Wildman–Crippen LogP) is 6.61. The Balaban J connectivity index is 1.48. The van der Waals surface area contributed by atoms with E-state index in [0.29, 0.717) is 10.9 Å². The monoisotopic (exact) mass is 647 g/mol. The molecule has 1 N–H and O–H groups in total. The van der Waals surface area contributed by atoms with Gasteiger partial charge < -0.3 is 9.57 Å². The van der Waals surface area contributed by atoms with Crippen LogP contribution in [-0.2, 0) is 29.2 Å². The molecule has 1 aliphatic heterocycles. The molecule has 1 aliphatic rings. The maximum absolute atomic E-state index is 14.2. The van der Waals surface area contributed by atoms with Gasteiger partial charge in [0.25, 0.3) is 15.9 Å². The second-order valence-electron chi connectivity index (χ2n) is 11.7. The van der Waals surface area contributed by atoms with Gasteiger partial charge in [-0.25, -0.2) is 18.0 Å². The number of pyridine rings is 1. The van der Waals surface area contributed by atoms with E-state index in [4.69, 9.17) is 9.57 Å². The molecule has 1 amide bonds. The van der Waals surface area contributed by atoms with E-state index in [-0.39, 0.29) is 44.2 Å². The zero-order chi connectivity index (χ0) is 33.3. The van der Waals surface area contributed by atoms with E-state index < -0.39 is 33.3 Å². The van der Waals surface area contributed by atoms with Crippen molar-refractivity contribution in [3.8, 4) is 0 Å². The van der Waals surface area contributed by atoms with Crippen molar-refractivity contribution in [2.75, 3.05) is 9.79 Å². The number of para-hydroxylation sites is 1. The predicted molar refractivity (Wildman–Crippen MR) is 177 cm³/mol. The van der Waals surface area contributed by atoms with Gasteiger partial charge in [-0.2, -0.15) is 0 Å². The highest BCUT2D eigenvalue weighted by atomic mass is 32.2. The summed E-state index contributed by atoms with van der Waals surface area (Å²) >= 11 is 0. The van der Waals surface area contributed by atoms with Crippen molar-refractivity contribution in [2.45, 2.75) is 25.7 Å². The van der Waals surface area contributed by atoms with Crippen LogP contribution in [0.3, 0.4) is 0 Å². The van der Waals surface area contributed by atoms with Crippen molar-refractivity contribution in [1.82, 2.24) is 4.98 Å². The number of aromatic nitrogens is 1.